The molecule has 5 nitrogen and oxygen atoms in total. The molecule has 2 unspecified atom stereocenters. The van der Waals surface area contributed by atoms with Crippen molar-refractivity contribution in [2.24, 2.45) is 5.92 Å². The molecule has 1 saturated heterocycles. The highest BCUT2D eigenvalue weighted by molar-refractivity contribution is 7.91. The zero-order valence-corrected chi connectivity index (χ0v) is 11.5. The fourth-order valence-corrected chi connectivity index (χ4v) is 3.83. The Bertz CT molecular complexity index is 563. The summed E-state index contributed by atoms with van der Waals surface area (Å²) in [5.41, 5.74) is 1.38. The second kappa shape index (κ2) is 5.30. The standard InChI is InChI=1S/C13H17NO4S/c1-9(15)10-2-4-12(5-3-10)14-13(16)11-6-7-19(17,18)8-11/h2-5,9,11,15H,6-8H2,1H3,(H,14,16). The molecule has 2 N–H and O–H groups in total. The Labute approximate surface area is 112 Å². The Morgan fingerprint density at radius 2 is 2.00 bits per heavy atom. The number of hydrogen-bond acceptors (Lipinski definition) is 4. The summed E-state index contributed by atoms with van der Waals surface area (Å²) in [6.45, 7) is 1.66. The summed E-state index contributed by atoms with van der Waals surface area (Å²) in [6, 6.07) is 6.85. The van der Waals surface area contributed by atoms with Gasteiger partial charge in [-0.2, -0.15) is 0 Å². The molecule has 1 aromatic rings. The number of aliphatic hydroxyl groups excluding tert-OH is 1. The van der Waals surface area contributed by atoms with Crippen molar-refractivity contribution >= 4 is 21.4 Å². The molecule has 0 aromatic heterocycles. The zero-order chi connectivity index (χ0) is 14.0. The van der Waals surface area contributed by atoms with Crippen LogP contribution in [0.1, 0.15) is 25.0 Å². The number of nitrogens with one attached hydrogen (secondary N) is 1. The third kappa shape index (κ3) is 3.54. The highest BCUT2D eigenvalue weighted by Gasteiger charge is 2.32. The van der Waals surface area contributed by atoms with Crippen LogP contribution in [-0.2, 0) is 14.6 Å². The van der Waals surface area contributed by atoms with Gasteiger partial charge in [-0.15, -0.1) is 0 Å². The van der Waals surface area contributed by atoms with Gasteiger partial charge in [0.2, 0.25) is 5.91 Å². The zero-order valence-electron chi connectivity index (χ0n) is 10.7. The maximum atomic E-state index is 11.9. The summed E-state index contributed by atoms with van der Waals surface area (Å²) in [5, 5.41) is 12.1. The minimum absolute atomic E-state index is 0.0649. The van der Waals surface area contributed by atoms with Gasteiger partial charge in [0.15, 0.2) is 9.84 Å². The van der Waals surface area contributed by atoms with Crippen molar-refractivity contribution < 1.29 is 18.3 Å². The number of sulfone groups is 1. The van der Waals surface area contributed by atoms with Gasteiger partial charge in [0.25, 0.3) is 0 Å². The summed E-state index contributed by atoms with van der Waals surface area (Å²) < 4.78 is 22.6. The number of benzene rings is 1. The molecule has 0 spiro atoms. The van der Waals surface area contributed by atoms with Gasteiger partial charge in [-0.05, 0) is 31.0 Å². The number of hydrogen-bond donors (Lipinski definition) is 2. The maximum absolute atomic E-state index is 11.9. The lowest BCUT2D eigenvalue weighted by Crippen LogP contribution is -2.23. The van der Waals surface area contributed by atoms with Crippen LogP contribution in [0.15, 0.2) is 24.3 Å². The lowest BCUT2D eigenvalue weighted by atomic mass is 10.1. The molecule has 104 valence electrons. The SMILES string of the molecule is CC(O)c1ccc(NC(=O)C2CCS(=O)(=O)C2)cc1. The smallest absolute Gasteiger partial charge is 0.228 e. The Morgan fingerprint density at radius 1 is 1.37 bits per heavy atom. The molecule has 0 saturated carbocycles. The van der Waals surface area contributed by atoms with Crippen LogP contribution < -0.4 is 5.32 Å². The van der Waals surface area contributed by atoms with Gasteiger partial charge in [0.05, 0.1) is 23.5 Å². The fraction of sp³-hybridized carbons (Fsp3) is 0.462. The third-order valence-electron chi connectivity index (χ3n) is 3.26. The lowest BCUT2D eigenvalue weighted by Gasteiger charge is -2.10. The molecular formula is C13H17NO4S. The number of carbonyl (C=O) groups is 1. The van der Waals surface area contributed by atoms with E-state index in [0.717, 1.165) is 5.56 Å². The van der Waals surface area contributed by atoms with E-state index in [4.69, 9.17) is 0 Å². The molecule has 0 bridgehead atoms. The maximum Gasteiger partial charge on any atom is 0.228 e. The Kier molecular flexibility index (Phi) is 3.91. The Hall–Kier alpha value is -1.40. The van der Waals surface area contributed by atoms with E-state index in [0.29, 0.717) is 12.1 Å². The van der Waals surface area contributed by atoms with Crippen molar-refractivity contribution in [1.82, 2.24) is 0 Å². The van der Waals surface area contributed by atoms with Crippen molar-refractivity contribution in [3.05, 3.63) is 29.8 Å². The molecule has 1 fully saturated rings. The molecule has 1 amide bonds. The van der Waals surface area contributed by atoms with Gasteiger partial charge in [-0.25, -0.2) is 8.42 Å². The molecule has 0 aliphatic carbocycles. The number of carbonyl (C=O) groups excluding carboxylic acids is 1. The van der Waals surface area contributed by atoms with E-state index in [1.165, 1.54) is 0 Å². The molecule has 0 radical (unpaired) electrons. The van der Waals surface area contributed by atoms with Crippen molar-refractivity contribution in [1.29, 1.82) is 0 Å². The van der Waals surface area contributed by atoms with Gasteiger partial charge < -0.3 is 10.4 Å². The van der Waals surface area contributed by atoms with E-state index in [1.54, 1.807) is 31.2 Å². The molecule has 1 heterocycles. The third-order valence-corrected chi connectivity index (χ3v) is 5.03. The van der Waals surface area contributed by atoms with Crippen molar-refractivity contribution in [3.63, 3.8) is 0 Å². The molecule has 1 aliphatic rings. The number of rotatable bonds is 3. The normalized spacial score (nSPS) is 22.9. The van der Waals surface area contributed by atoms with Gasteiger partial charge >= 0.3 is 0 Å². The second-order valence-corrected chi connectivity index (χ2v) is 7.12. The van der Waals surface area contributed by atoms with Crippen LogP contribution in [0.3, 0.4) is 0 Å². The average molecular weight is 283 g/mol. The van der Waals surface area contributed by atoms with Crippen LogP contribution in [0.4, 0.5) is 5.69 Å². The molecular weight excluding hydrogens is 266 g/mol. The van der Waals surface area contributed by atoms with Crippen LogP contribution in [0, 0.1) is 5.92 Å². The van der Waals surface area contributed by atoms with E-state index in [1.807, 2.05) is 0 Å². The van der Waals surface area contributed by atoms with E-state index < -0.39 is 21.9 Å². The first kappa shape index (κ1) is 14.0. The van der Waals surface area contributed by atoms with Crippen molar-refractivity contribution in [3.8, 4) is 0 Å². The molecule has 19 heavy (non-hydrogen) atoms. The van der Waals surface area contributed by atoms with Crippen LogP contribution in [0.5, 0.6) is 0 Å². The number of anilines is 1. The molecule has 6 heteroatoms. The second-order valence-electron chi connectivity index (χ2n) is 4.89. The van der Waals surface area contributed by atoms with E-state index in [9.17, 15) is 18.3 Å². The fourth-order valence-electron chi connectivity index (χ4n) is 2.09. The highest BCUT2D eigenvalue weighted by atomic mass is 32.2. The lowest BCUT2D eigenvalue weighted by molar-refractivity contribution is -0.119. The molecule has 2 rings (SSSR count). The van der Waals surface area contributed by atoms with Gasteiger partial charge in [0, 0.05) is 5.69 Å². The summed E-state index contributed by atoms with van der Waals surface area (Å²) in [4.78, 5) is 11.9. The first-order valence-electron chi connectivity index (χ1n) is 6.17. The minimum atomic E-state index is -3.04. The largest absolute Gasteiger partial charge is 0.389 e. The first-order valence-corrected chi connectivity index (χ1v) is 7.99. The van der Waals surface area contributed by atoms with Crippen LogP contribution >= 0.6 is 0 Å². The summed E-state index contributed by atoms with van der Waals surface area (Å²) >= 11 is 0. The Balaban J connectivity index is 1.99. The number of amides is 1. The first-order chi connectivity index (χ1) is 8.87. The van der Waals surface area contributed by atoms with Crippen LogP contribution in [-0.4, -0.2) is 30.9 Å². The van der Waals surface area contributed by atoms with Crippen LogP contribution in [0.25, 0.3) is 0 Å². The summed E-state index contributed by atoms with van der Waals surface area (Å²) in [7, 11) is -3.04. The van der Waals surface area contributed by atoms with E-state index in [2.05, 4.69) is 5.32 Å². The monoisotopic (exact) mass is 283 g/mol. The van der Waals surface area contributed by atoms with Gasteiger partial charge in [0.1, 0.15) is 0 Å². The van der Waals surface area contributed by atoms with Crippen molar-refractivity contribution in [2.45, 2.75) is 19.4 Å². The van der Waals surface area contributed by atoms with Crippen LogP contribution in [0.2, 0.25) is 0 Å². The molecule has 1 aromatic carbocycles. The summed E-state index contributed by atoms with van der Waals surface area (Å²) in [6.07, 6.45) is -0.162. The average Bonchev–Trinajstić information content (AvgIpc) is 2.70. The van der Waals surface area contributed by atoms with Crippen molar-refractivity contribution in [2.75, 3.05) is 16.8 Å². The molecule has 1 aliphatic heterocycles. The van der Waals surface area contributed by atoms with E-state index >= 15 is 0 Å². The predicted octanol–water partition coefficient (Wildman–Crippen LogP) is 1.11. The van der Waals surface area contributed by atoms with Gasteiger partial charge in [-0.1, -0.05) is 12.1 Å². The molecule has 2 atom stereocenters. The predicted molar refractivity (Wildman–Crippen MR) is 72.5 cm³/mol. The summed E-state index contributed by atoms with van der Waals surface area (Å²) in [5.74, 6) is -0.691. The quantitative estimate of drug-likeness (QED) is 0.870. The minimum Gasteiger partial charge on any atom is -0.389 e. The van der Waals surface area contributed by atoms with E-state index in [-0.39, 0.29) is 17.4 Å². The number of aliphatic hydroxyl groups is 1. The highest BCUT2D eigenvalue weighted by Crippen LogP contribution is 2.21. The Morgan fingerprint density at radius 3 is 2.47 bits per heavy atom. The van der Waals surface area contributed by atoms with Gasteiger partial charge in [-0.3, -0.25) is 4.79 Å². The topological polar surface area (TPSA) is 83.5 Å².